The lowest BCUT2D eigenvalue weighted by molar-refractivity contribution is 0.0930. The molecule has 2 aromatic carbocycles. The fourth-order valence-electron chi connectivity index (χ4n) is 2.09. The maximum atomic E-state index is 13.8. The minimum Gasteiger partial charge on any atom is -0.345 e. The highest BCUT2D eigenvalue weighted by atomic mass is 79.9. The van der Waals surface area contributed by atoms with E-state index >= 15 is 0 Å². The van der Waals surface area contributed by atoms with E-state index in [-0.39, 0.29) is 11.6 Å². The van der Waals surface area contributed by atoms with Gasteiger partial charge in [0, 0.05) is 9.50 Å². The average molecular weight is 371 g/mol. The van der Waals surface area contributed by atoms with E-state index in [1.165, 1.54) is 6.07 Å². The van der Waals surface area contributed by atoms with Gasteiger partial charge in [-0.25, -0.2) is 4.39 Å². The highest BCUT2D eigenvalue weighted by Crippen LogP contribution is 2.23. The van der Waals surface area contributed by atoms with Gasteiger partial charge in [0.2, 0.25) is 0 Å². The molecule has 0 heterocycles. The van der Waals surface area contributed by atoms with Crippen LogP contribution in [0.3, 0.4) is 0 Å². The second-order valence-electron chi connectivity index (χ2n) is 4.59. The van der Waals surface area contributed by atoms with E-state index < -0.39 is 11.7 Å². The normalized spacial score (nSPS) is 12.0. The molecule has 0 aliphatic rings. The minimum absolute atomic E-state index is 0.0120. The summed E-state index contributed by atoms with van der Waals surface area (Å²) in [6, 6.07) is 11.5. The van der Waals surface area contributed by atoms with E-state index in [1.54, 1.807) is 24.3 Å². The number of hydrogen-bond donors (Lipinski definition) is 1. The molecule has 0 spiro atoms. The lowest BCUT2D eigenvalue weighted by Crippen LogP contribution is -2.29. The molecule has 0 fully saturated rings. The maximum absolute atomic E-state index is 13.8. The van der Waals surface area contributed by atoms with Crippen molar-refractivity contribution in [3.8, 4) is 0 Å². The Kier molecular flexibility index (Phi) is 5.37. The summed E-state index contributed by atoms with van der Waals surface area (Å²) in [5.74, 6) is -1.00. The molecule has 2 aromatic rings. The second kappa shape index (κ2) is 7.05. The molecule has 0 radical (unpaired) electrons. The topological polar surface area (TPSA) is 29.1 Å². The maximum Gasteiger partial charge on any atom is 0.255 e. The van der Waals surface area contributed by atoms with Crippen LogP contribution in [-0.4, -0.2) is 5.91 Å². The van der Waals surface area contributed by atoms with Gasteiger partial charge in [0.25, 0.3) is 5.91 Å². The third kappa shape index (κ3) is 3.83. The molecule has 5 heteroatoms. The fraction of sp³-hybridized carbons (Fsp3) is 0.188. The smallest absolute Gasteiger partial charge is 0.255 e. The van der Waals surface area contributed by atoms with E-state index in [4.69, 9.17) is 11.6 Å². The monoisotopic (exact) mass is 369 g/mol. The van der Waals surface area contributed by atoms with Crippen molar-refractivity contribution < 1.29 is 9.18 Å². The third-order valence-electron chi connectivity index (χ3n) is 3.15. The Labute approximate surface area is 136 Å². The molecule has 2 rings (SSSR count). The predicted molar refractivity (Wildman–Crippen MR) is 86.1 cm³/mol. The molecular formula is C16H14BrClFNO. The summed E-state index contributed by atoms with van der Waals surface area (Å²) in [5, 5.41) is 3.44. The lowest BCUT2D eigenvalue weighted by Gasteiger charge is -2.18. The Balaban J connectivity index is 2.25. The molecule has 0 aliphatic carbocycles. The van der Waals surface area contributed by atoms with Gasteiger partial charge in [-0.05, 0) is 52.2 Å². The summed E-state index contributed by atoms with van der Waals surface area (Å²) in [7, 11) is 0. The van der Waals surface area contributed by atoms with Crippen molar-refractivity contribution in [2.75, 3.05) is 0 Å². The van der Waals surface area contributed by atoms with Gasteiger partial charge < -0.3 is 5.32 Å². The Morgan fingerprint density at radius 1 is 1.33 bits per heavy atom. The molecule has 0 aromatic heterocycles. The molecule has 0 saturated heterocycles. The van der Waals surface area contributed by atoms with Gasteiger partial charge in [0.1, 0.15) is 5.82 Å². The van der Waals surface area contributed by atoms with Crippen molar-refractivity contribution >= 4 is 33.4 Å². The van der Waals surface area contributed by atoms with E-state index in [9.17, 15) is 9.18 Å². The molecule has 0 aliphatic heterocycles. The number of benzene rings is 2. The molecule has 2 nitrogen and oxygen atoms in total. The molecule has 1 amide bonds. The van der Waals surface area contributed by atoms with Crippen LogP contribution in [-0.2, 0) is 0 Å². The predicted octanol–water partition coefficient (Wildman–Crippen LogP) is 5.12. The highest BCUT2D eigenvalue weighted by Gasteiger charge is 2.19. The van der Waals surface area contributed by atoms with E-state index in [2.05, 4.69) is 21.2 Å². The van der Waals surface area contributed by atoms with Crippen LogP contribution in [0.4, 0.5) is 4.39 Å². The Morgan fingerprint density at radius 3 is 2.67 bits per heavy atom. The van der Waals surface area contributed by atoms with E-state index in [0.717, 1.165) is 5.56 Å². The van der Waals surface area contributed by atoms with Crippen LogP contribution in [0.1, 0.15) is 35.3 Å². The second-order valence-corrected chi connectivity index (χ2v) is 5.88. The third-order valence-corrected chi connectivity index (χ3v) is 4.05. The van der Waals surface area contributed by atoms with Gasteiger partial charge in [0.05, 0.1) is 11.6 Å². The zero-order valence-electron chi connectivity index (χ0n) is 11.4. The molecule has 110 valence electrons. The number of hydrogen-bond acceptors (Lipinski definition) is 1. The number of carbonyl (C=O) groups excluding carboxylic acids is 1. The first-order valence-corrected chi connectivity index (χ1v) is 7.70. The van der Waals surface area contributed by atoms with Crippen LogP contribution < -0.4 is 5.32 Å². The summed E-state index contributed by atoms with van der Waals surface area (Å²) >= 11 is 9.18. The van der Waals surface area contributed by atoms with Crippen molar-refractivity contribution in [2.24, 2.45) is 0 Å². The summed E-state index contributed by atoms with van der Waals surface area (Å²) in [6.07, 6.45) is 0.679. The minimum atomic E-state index is -0.553. The average Bonchev–Trinajstić information content (AvgIpc) is 2.44. The van der Waals surface area contributed by atoms with Gasteiger partial charge in [-0.3, -0.25) is 4.79 Å². The van der Waals surface area contributed by atoms with Crippen LogP contribution in [0.5, 0.6) is 0 Å². The summed E-state index contributed by atoms with van der Waals surface area (Å²) < 4.78 is 14.2. The summed E-state index contributed by atoms with van der Waals surface area (Å²) in [5.41, 5.74) is 0.906. The molecular weight excluding hydrogens is 357 g/mol. The van der Waals surface area contributed by atoms with Gasteiger partial charge in [-0.15, -0.1) is 0 Å². The zero-order chi connectivity index (χ0) is 15.4. The number of rotatable bonds is 4. The summed E-state index contributed by atoms with van der Waals surface area (Å²) in [4.78, 5) is 12.3. The van der Waals surface area contributed by atoms with E-state index in [0.29, 0.717) is 15.9 Å². The van der Waals surface area contributed by atoms with Gasteiger partial charge >= 0.3 is 0 Å². The number of carbonyl (C=O) groups is 1. The zero-order valence-corrected chi connectivity index (χ0v) is 13.7. The van der Waals surface area contributed by atoms with Crippen molar-refractivity contribution in [1.29, 1.82) is 0 Å². The Morgan fingerprint density at radius 2 is 2.05 bits per heavy atom. The number of nitrogens with one attached hydrogen (secondary N) is 1. The Hall–Kier alpha value is -1.39. The van der Waals surface area contributed by atoms with Crippen molar-refractivity contribution in [1.82, 2.24) is 5.32 Å². The van der Waals surface area contributed by atoms with Crippen LogP contribution in [0.15, 0.2) is 46.9 Å². The van der Waals surface area contributed by atoms with Crippen LogP contribution >= 0.6 is 27.5 Å². The van der Waals surface area contributed by atoms with E-state index in [1.807, 2.05) is 19.1 Å². The van der Waals surface area contributed by atoms with Crippen molar-refractivity contribution in [3.05, 3.63) is 68.9 Å². The SMILES string of the molecule is CCC(NC(=O)c1c(F)cccc1Br)c1cccc(Cl)c1. The van der Waals surface area contributed by atoms with Crippen LogP contribution in [0.25, 0.3) is 0 Å². The van der Waals surface area contributed by atoms with Gasteiger partial charge in [-0.1, -0.05) is 36.7 Å². The highest BCUT2D eigenvalue weighted by molar-refractivity contribution is 9.10. The standard InChI is InChI=1S/C16H14BrClFNO/c1-2-14(10-5-3-6-11(18)9-10)20-16(21)15-12(17)7-4-8-13(15)19/h3-9,14H,2H2,1H3,(H,20,21). The van der Waals surface area contributed by atoms with Crippen molar-refractivity contribution in [3.63, 3.8) is 0 Å². The number of halogens is 3. The summed E-state index contributed by atoms with van der Waals surface area (Å²) in [6.45, 7) is 1.95. The van der Waals surface area contributed by atoms with Gasteiger partial charge in [-0.2, -0.15) is 0 Å². The lowest BCUT2D eigenvalue weighted by atomic mass is 10.0. The molecule has 0 bridgehead atoms. The first kappa shape index (κ1) is 16.0. The molecule has 0 saturated carbocycles. The Bertz CT molecular complexity index is 642. The fourth-order valence-corrected chi connectivity index (χ4v) is 2.81. The molecule has 1 unspecified atom stereocenters. The molecule has 1 atom stereocenters. The first-order valence-electron chi connectivity index (χ1n) is 6.53. The largest absolute Gasteiger partial charge is 0.345 e. The number of amides is 1. The quantitative estimate of drug-likeness (QED) is 0.795. The van der Waals surface area contributed by atoms with Crippen LogP contribution in [0, 0.1) is 5.82 Å². The molecule has 1 N–H and O–H groups in total. The molecule has 21 heavy (non-hydrogen) atoms. The van der Waals surface area contributed by atoms with Crippen LogP contribution in [0.2, 0.25) is 5.02 Å². The van der Waals surface area contributed by atoms with Gasteiger partial charge in [0.15, 0.2) is 0 Å². The van der Waals surface area contributed by atoms with Crippen molar-refractivity contribution in [2.45, 2.75) is 19.4 Å². The first-order chi connectivity index (χ1) is 10.0.